The first-order valence-corrected chi connectivity index (χ1v) is 10.9. The third kappa shape index (κ3) is 5.35. The van der Waals surface area contributed by atoms with Crippen molar-refractivity contribution in [1.82, 2.24) is 20.5 Å². The molecule has 8 heteroatoms. The van der Waals surface area contributed by atoms with Gasteiger partial charge in [-0.15, -0.1) is 0 Å². The Morgan fingerprint density at radius 2 is 1.85 bits per heavy atom. The van der Waals surface area contributed by atoms with Crippen molar-refractivity contribution in [1.29, 1.82) is 0 Å². The van der Waals surface area contributed by atoms with Crippen LogP contribution in [0.2, 0.25) is 0 Å². The van der Waals surface area contributed by atoms with E-state index in [1.165, 1.54) is 30.3 Å². The molecule has 174 valence electrons. The second-order valence-electron chi connectivity index (χ2n) is 7.99. The monoisotopic (exact) mass is 462 g/mol. The van der Waals surface area contributed by atoms with Gasteiger partial charge in [0.2, 0.25) is 0 Å². The summed E-state index contributed by atoms with van der Waals surface area (Å²) in [5.74, 6) is -1.43. The first-order chi connectivity index (χ1) is 16.4. The Balaban J connectivity index is 1.60. The highest BCUT2D eigenvalue weighted by Gasteiger charge is 2.22. The maximum absolute atomic E-state index is 14.9. The zero-order valence-electron chi connectivity index (χ0n) is 18.6. The second kappa shape index (κ2) is 10.4. The number of rotatable bonds is 8. The molecule has 0 fully saturated rings. The second-order valence-corrected chi connectivity index (χ2v) is 7.99. The van der Waals surface area contributed by atoms with Gasteiger partial charge in [-0.2, -0.15) is 5.10 Å². The van der Waals surface area contributed by atoms with E-state index in [0.29, 0.717) is 29.8 Å². The number of hydrogen-bond acceptors (Lipinski definition) is 4. The minimum absolute atomic E-state index is 0.0808. The number of aromatic amines is 1. The van der Waals surface area contributed by atoms with E-state index in [1.54, 1.807) is 18.2 Å². The highest BCUT2D eigenvalue weighted by molar-refractivity contribution is 6.01. The topological polar surface area (TPSA) is 90.9 Å². The molecule has 3 N–H and O–H groups in total. The summed E-state index contributed by atoms with van der Waals surface area (Å²) in [7, 11) is 0. The molecule has 0 aliphatic heterocycles. The molecular formula is C26H24F2N4O2. The van der Waals surface area contributed by atoms with Crippen molar-refractivity contribution in [2.45, 2.75) is 25.8 Å². The van der Waals surface area contributed by atoms with E-state index < -0.39 is 11.7 Å². The summed E-state index contributed by atoms with van der Waals surface area (Å²) in [6.45, 7) is 1.76. The van der Waals surface area contributed by atoms with Crippen molar-refractivity contribution in [2.24, 2.45) is 0 Å². The van der Waals surface area contributed by atoms with E-state index in [1.807, 2.05) is 25.1 Å². The fraction of sp³-hybridized carbons (Fsp3) is 0.192. The molecule has 0 saturated heterocycles. The van der Waals surface area contributed by atoms with Gasteiger partial charge in [0.1, 0.15) is 11.6 Å². The van der Waals surface area contributed by atoms with Crippen molar-refractivity contribution >= 4 is 5.91 Å². The van der Waals surface area contributed by atoms with E-state index in [9.17, 15) is 18.7 Å². The number of aromatic nitrogens is 3. The number of nitrogens with one attached hydrogen (secondary N) is 2. The molecule has 0 spiro atoms. The Labute approximate surface area is 195 Å². The third-order valence-electron chi connectivity index (χ3n) is 5.46. The molecule has 0 aliphatic rings. The lowest BCUT2D eigenvalue weighted by molar-refractivity contribution is 0.0930. The van der Waals surface area contributed by atoms with Crippen LogP contribution in [0.15, 0.2) is 66.7 Å². The van der Waals surface area contributed by atoms with Gasteiger partial charge in [-0.3, -0.25) is 14.9 Å². The Kier molecular flexibility index (Phi) is 7.08. The minimum Gasteiger partial charge on any atom is -0.396 e. The molecule has 1 atom stereocenters. The lowest BCUT2D eigenvalue weighted by Crippen LogP contribution is -2.37. The van der Waals surface area contributed by atoms with E-state index in [-0.39, 0.29) is 29.6 Å². The van der Waals surface area contributed by atoms with Gasteiger partial charge in [0.25, 0.3) is 5.91 Å². The molecule has 1 amide bonds. The van der Waals surface area contributed by atoms with Crippen LogP contribution >= 0.6 is 0 Å². The highest BCUT2D eigenvalue weighted by atomic mass is 19.1. The van der Waals surface area contributed by atoms with Crippen LogP contribution in [0.5, 0.6) is 0 Å². The zero-order valence-corrected chi connectivity index (χ0v) is 18.6. The molecule has 6 nitrogen and oxygen atoms in total. The van der Waals surface area contributed by atoms with Crippen LogP contribution in [0.1, 0.15) is 28.2 Å². The number of aryl methyl sites for hydroxylation is 1. The first kappa shape index (κ1) is 23.3. The van der Waals surface area contributed by atoms with Gasteiger partial charge < -0.3 is 10.4 Å². The summed E-state index contributed by atoms with van der Waals surface area (Å²) >= 11 is 0. The maximum Gasteiger partial charge on any atom is 0.252 e. The Hall–Kier alpha value is -3.91. The molecule has 2 aromatic heterocycles. The average Bonchev–Trinajstić information content (AvgIpc) is 3.29. The van der Waals surface area contributed by atoms with E-state index >= 15 is 0 Å². The van der Waals surface area contributed by atoms with Crippen molar-refractivity contribution in [2.75, 3.05) is 6.61 Å². The van der Waals surface area contributed by atoms with Crippen LogP contribution in [0.3, 0.4) is 0 Å². The number of amides is 1. The molecular weight excluding hydrogens is 438 g/mol. The number of hydrogen-bond donors (Lipinski definition) is 3. The van der Waals surface area contributed by atoms with Gasteiger partial charge in [0, 0.05) is 41.6 Å². The lowest BCUT2D eigenvalue weighted by Gasteiger charge is -2.19. The van der Waals surface area contributed by atoms with Crippen molar-refractivity contribution < 1.29 is 18.7 Å². The van der Waals surface area contributed by atoms with Crippen LogP contribution in [0.25, 0.3) is 22.5 Å². The molecule has 2 heterocycles. The number of pyridine rings is 1. The number of carbonyl (C=O) groups excluding carboxylic acids is 1. The van der Waals surface area contributed by atoms with Crippen LogP contribution in [0, 0.1) is 18.6 Å². The number of carbonyl (C=O) groups is 1. The Bertz CT molecular complexity index is 1290. The molecule has 0 aliphatic carbocycles. The summed E-state index contributed by atoms with van der Waals surface area (Å²) < 4.78 is 28.2. The van der Waals surface area contributed by atoms with Crippen molar-refractivity contribution in [3.63, 3.8) is 0 Å². The predicted octanol–water partition coefficient (Wildman–Crippen LogP) is 4.45. The minimum atomic E-state index is -0.582. The van der Waals surface area contributed by atoms with Crippen molar-refractivity contribution in [3.8, 4) is 22.5 Å². The van der Waals surface area contributed by atoms with Crippen molar-refractivity contribution in [3.05, 3.63) is 95.3 Å². The van der Waals surface area contributed by atoms with Crippen LogP contribution in [0.4, 0.5) is 8.78 Å². The molecule has 0 bridgehead atoms. The predicted molar refractivity (Wildman–Crippen MR) is 125 cm³/mol. The molecule has 0 radical (unpaired) electrons. The number of H-pyrrole nitrogens is 1. The van der Waals surface area contributed by atoms with Gasteiger partial charge in [-0.1, -0.05) is 12.1 Å². The van der Waals surface area contributed by atoms with Gasteiger partial charge in [-0.25, -0.2) is 8.78 Å². The van der Waals surface area contributed by atoms with Gasteiger partial charge in [0.05, 0.1) is 17.0 Å². The molecule has 4 aromatic rings. The standard InChI is InChI=1S/C26H24F2N4O2/c1-16-4-2-5-19(29-16)14-20(12-13-33)30-26(34)21-6-3-7-22(28)25(21)24-15-23(31-32-24)17-8-10-18(27)11-9-17/h2-11,15,20,33H,12-14H2,1H3,(H,30,34)(H,31,32)/t20-/m1/s1. The highest BCUT2D eigenvalue weighted by Crippen LogP contribution is 2.29. The van der Waals surface area contributed by atoms with E-state index in [2.05, 4.69) is 20.5 Å². The summed E-state index contributed by atoms with van der Waals surface area (Å²) in [5, 5.41) is 19.4. The average molecular weight is 463 g/mol. The Morgan fingerprint density at radius 1 is 1.09 bits per heavy atom. The zero-order chi connectivity index (χ0) is 24.1. The first-order valence-electron chi connectivity index (χ1n) is 10.9. The Morgan fingerprint density at radius 3 is 2.59 bits per heavy atom. The largest absolute Gasteiger partial charge is 0.396 e. The number of benzene rings is 2. The molecule has 0 saturated carbocycles. The summed E-state index contributed by atoms with van der Waals surface area (Å²) in [6.07, 6.45) is 0.752. The molecule has 4 rings (SSSR count). The van der Waals surface area contributed by atoms with Crippen LogP contribution in [-0.4, -0.2) is 38.8 Å². The van der Waals surface area contributed by atoms with Crippen LogP contribution < -0.4 is 5.32 Å². The SMILES string of the molecule is Cc1cccc(C[C@@H](CCO)NC(=O)c2cccc(F)c2-c2cc(-c3ccc(F)cc3)n[nH]2)n1. The van der Waals surface area contributed by atoms with Crippen LogP contribution in [-0.2, 0) is 6.42 Å². The molecule has 2 aromatic carbocycles. The van der Waals surface area contributed by atoms with Gasteiger partial charge >= 0.3 is 0 Å². The number of halogens is 2. The molecule has 0 unspecified atom stereocenters. The molecule has 34 heavy (non-hydrogen) atoms. The number of aliphatic hydroxyl groups excluding tert-OH is 1. The van der Waals surface area contributed by atoms with E-state index in [0.717, 1.165) is 11.4 Å². The number of nitrogens with zero attached hydrogens (tertiary/aromatic N) is 2. The third-order valence-corrected chi connectivity index (χ3v) is 5.46. The summed E-state index contributed by atoms with van der Waals surface area (Å²) in [5.41, 5.74) is 3.33. The lowest BCUT2D eigenvalue weighted by atomic mass is 10.0. The summed E-state index contributed by atoms with van der Waals surface area (Å²) in [4.78, 5) is 17.7. The van der Waals surface area contributed by atoms with Gasteiger partial charge in [0.15, 0.2) is 0 Å². The fourth-order valence-electron chi connectivity index (χ4n) is 3.82. The fourth-order valence-corrected chi connectivity index (χ4v) is 3.82. The summed E-state index contributed by atoms with van der Waals surface area (Å²) in [6, 6.07) is 16.9. The number of aliphatic hydroxyl groups is 1. The maximum atomic E-state index is 14.9. The quantitative estimate of drug-likeness (QED) is 0.361. The normalized spacial score (nSPS) is 11.9. The smallest absolute Gasteiger partial charge is 0.252 e. The van der Waals surface area contributed by atoms with Gasteiger partial charge in [-0.05, 0) is 67.9 Å². The van der Waals surface area contributed by atoms with E-state index in [4.69, 9.17) is 0 Å².